The third kappa shape index (κ3) is 2.93. The third-order valence-electron chi connectivity index (χ3n) is 4.64. The normalized spacial score (nSPS) is 17.1. The number of thioether (sulfide) groups is 1. The van der Waals surface area contributed by atoms with E-state index in [4.69, 9.17) is 0 Å². The molecule has 0 aliphatic carbocycles. The zero-order chi connectivity index (χ0) is 17.4. The molecule has 0 spiro atoms. The molecule has 0 radical (unpaired) electrons. The number of hydrogen-bond donors (Lipinski definition) is 0. The molecule has 2 aromatic rings. The van der Waals surface area contributed by atoms with Gasteiger partial charge in [-0.15, -0.1) is 0 Å². The summed E-state index contributed by atoms with van der Waals surface area (Å²) < 4.78 is 1.87. The summed E-state index contributed by atoms with van der Waals surface area (Å²) in [5.41, 5.74) is 2.51. The summed E-state index contributed by atoms with van der Waals surface area (Å²) in [4.78, 5) is 28.5. The number of anilines is 1. The maximum Gasteiger partial charge on any atom is 0.242 e. The van der Waals surface area contributed by atoms with Gasteiger partial charge in [0.1, 0.15) is 11.6 Å². The number of amides is 2. The number of benzene rings is 1. The van der Waals surface area contributed by atoms with Crippen molar-refractivity contribution in [3.05, 3.63) is 36.0 Å². The van der Waals surface area contributed by atoms with Crippen molar-refractivity contribution in [2.75, 3.05) is 30.3 Å². The van der Waals surface area contributed by atoms with Crippen LogP contribution >= 0.6 is 11.8 Å². The standard InChI is InChI=1S/C18H20N4O2S/c1-13-17-18(22(19-13)14-7-3-2-4-8-14)25-12-16(24)21(17)11-15(23)20-9-5-6-10-20/h2-4,7-8H,5-6,9-12H2,1H3. The van der Waals surface area contributed by atoms with E-state index in [1.54, 1.807) is 4.90 Å². The van der Waals surface area contributed by atoms with Gasteiger partial charge in [-0.3, -0.25) is 14.5 Å². The summed E-state index contributed by atoms with van der Waals surface area (Å²) in [7, 11) is 0. The molecule has 0 saturated carbocycles. The molecule has 1 fully saturated rings. The monoisotopic (exact) mass is 356 g/mol. The first kappa shape index (κ1) is 16.2. The molecular weight excluding hydrogens is 336 g/mol. The van der Waals surface area contributed by atoms with E-state index in [1.807, 2.05) is 46.8 Å². The van der Waals surface area contributed by atoms with E-state index in [1.165, 1.54) is 11.8 Å². The molecule has 2 aliphatic heterocycles. The number of carbonyl (C=O) groups excluding carboxylic acids is 2. The number of rotatable bonds is 3. The SMILES string of the molecule is Cc1nn(-c2ccccc2)c2c1N(CC(=O)N1CCCC1)C(=O)CS2. The lowest BCUT2D eigenvalue weighted by Crippen LogP contribution is -2.44. The lowest BCUT2D eigenvalue weighted by Gasteiger charge is -2.28. The van der Waals surface area contributed by atoms with E-state index < -0.39 is 0 Å². The first-order valence-electron chi connectivity index (χ1n) is 8.51. The molecule has 1 aromatic carbocycles. The Morgan fingerprint density at radius 3 is 2.64 bits per heavy atom. The molecule has 2 amide bonds. The molecule has 130 valence electrons. The molecule has 2 aliphatic rings. The number of fused-ring (bicyclic) bond motifs is 1. The van der Waals surface area contributed by atoms with Crippen molar-refractivity contribution >= 4 is 29.3 Å². The molecule has 3 heterocycles. The number of aromatic nitrogens is 2. The minimum atomic E-state index is -0.0271. The Morgan fingerprint density at radius 1 is 1.20 bits per heavy atom. The Hall–Kier alpha value is -2.28. The molecule has 1 aromatic heterocycles. The molecule has 0 atom stereocenters. The van der Waals surface area contributed by atoms with Crippen LogP contribution in [0.3, 0.4) is 0 Å². The van der Waals surface area contributed by atoms with Crippen molar-refractivity contribution in [3.63, 3.8) is 0 Å². The van der Waals surface area contributed by atoms with Crippen LogP contribution in [0.2, 0.25) is 0 Å². The summed E-state index contributed by atoms with van der Waals surface area (Å²) in [5, 5.41) is 5.56. The van der Waals surface area contributed by atoms with E-state index in [9.17, 15) is 9.59 Å². The molecule has 4 rings (SSSR count). The van der Waals surface area contributed by atoms with Crippen molar-refractivity contribution < 1.29 is 9.59 Å². The van der Waals surface area contributed by atoms with Gasteiger partial charge in [0.25, 0.3) is 0 Å². The molecule has 7 heteroatoms. The van der Waals surface area contributed by atoms with Crippen molar-refractivity contribution in [2.24, 2.45) is 0 Å². The summed E-state index contributed by atoms with van der Waals surface area (Å²) in [6.07, 6.45) is 2.09. The van der Waals surface area contributed by atoms with Crippen molar-refractivity contribution in [1.82, 2.24) is 14.7 Å². The van der Waals surface area contributed by atoms with Gasteiger partial charge in [0.15, 0.2) is 0 Å². The lowest BCUT2D eigenvalue weighted by atomic mass is 10.3. The fourth-order valence-corrected chi connectivity index (χ4v) is 4.46. The number of aryl methyl sites for hydroxylation is 1. The van der Waals surface area contributed by atoms with E-state index in [-0.39, 0.29) is 18.4 Å². The van der Waals surface area contributed by atoms with E-state index in [2.05, 4.69) is 5.10 Å². The molecule has 25 heavy (non-hydrogen) atoms. The van der Waals surface area contributed by atoms with Gasteiger partial charge in [0, 0.05) is 13.1 Å². The molecule has 1 saturated heterocycles. The number of hydrogen-bond acceptors (Lipinski definition) is 4. The number of para-hydroxylation sites is 1. The van der Waals surface area contributed by atoms with Gasteiger partial charge in [-0.1, -0.05) is 30.0 Å². The van der Waals surface area contributed by atoms with Crippen LogP contribution in [0.1, 0.15) is 18.5 Å². The van der Waals surface area contributed by atoms with Gasteiger partial charge in [-0.25, -0.2) is 4.68 Å². The predicted molar refractivity (Wildman–Crippen MR) is 97.2 cm³/mol. The van der Waals surface area contributed by atoms with Gasteiger partial charge in [0.2, 0.25) is 11.8 Å². The molecule has 0 N–H and O–H groups in total. The quantitative estimate of drug-likeness (QED) is 0.846. The first-order chi connectivity index (χ1) is 12.1. The third-order valence-corrected chi connectivity index (χ3v) is 5.67. The number of likely N-dealkylation sites (tertiary alicyclic amines) is 1. The second-order valence-corrected chi connectivity index (χ2v) is 7.31. The van der Waals surface area contributed by atoms with Gasteiger partial charge >= 0.3 is 0 Å². The van der Waals surface area contributed by atoms with Crippen LogP contribution in [0, 0.1) is 6.92 Å². The summed E-state index contributed by atoms with van der Waals surface area (Å²) in [6, 6.07) is 9.87. The van der Waals surface area contributed by atoms with E-state index in [0.717, 1.165) is 48.0 Å². The molecule has 0 bridgehead atoms. The second kappa shape index (κ2) is 6.55. The van der Waals surface area contributed by atoms with Crippen molar-refractivity contribution in [1.29, 1.82) is 0 Å². The van der Waals surface area contributed by atoms with Crippen molar-refractivity contribution in [2.45, 2.75) is 24.8 Å². The molecule has 0 unspecified atom stereocenters. The highest BCUT2D eigenvalue weighted by atomic mass is 32.2. The molecular formula is C18H20N4O2S. The number of carbonyl (C=O) groups is 2. The van der Waals surface area contributed by atoms with Crippen LogP contribution < -0.4 is 4.90 Å². The van der Waals surface area contributed by atoms with Gasteiger partial charge in [0.05, 0.1) is 22.8 Å². The Bertz CT molecular complexity index is 812. The second-order valence-electron chi connectivity index (χ2n) is 6.34. The average Bonchev–Trinajstić information content (AvgIpc) is 3.27. The van der Waals surface area contributed by atoms with Crippen molar-refractivity contribution in [3.8, 4) is 5.69 Å². The Labute approximate surface area is 150 Å². The van der Waals surface area contributed by atoms with Crippen LogP contribution in [0.25, 0.3) is 5.69 Å². The van der Waals surface area contributed by atoms with Crippen LogP contribution in [0.5, 0.6) is 0 Å². The first-order valence-corrected chi connectivity index (χ1v) is 9.49. The summed E-state index contributed by atoms with van der Waals surface area (Å²) in [6.45, 7) is 3.59. The number of nitrogens with zero attached hydrogens (tertiary/aromatic N) is 4. The van der Waals surface area contributed by atoms with Gasteiger partial charge in [-0.2, -0.15) is 5.10 Å². The average molecular weight is 356 g/mol. The van der Waals surface area contributed by atoms with E-state index >= 15 is 0 Å². The Morgan fingerprint density at radius 2 is 1.92 bits per heavy atom. The maximum absolute atomic E-state index is 12.6. The minimum absolute atomic E-state index is 0.0237. The Kier molecular flexibility index (Phi) is 4.25. The predicted octanol–water partition coefficient (Wildman–Crippen LogP) is 2.24. The minimum Gasteiger partial charge on any atom is -0.341 e. The maximum atomic E-state index is 12.6. The highest BCUT2D eigenvalue weighted by molar-refractivity contribution is 8.00. The van der Waals surface area contributed by atoms with Crippen LogP contribution in [0.4, 0.5) is 5.69 Å². The van der Waals surface area contributed by atoms with Crippen LogP contribution in [0.15, 0.2) is 35.4 Å². The lowest BCUT2D eigenvalue weighted by molar-refractivity contribution is -0.130. The van der Waals surface area contributed by atoms with Crippen LogP contribution in [-0.4, -0.2) is 51.9 Å². The summed E-state index contributed by atoms with van der Waals surface area (Å²) >= 11 is 1.49. The van der Waals surface area contributed by atoms with Gasteiger partial charge in [-0.05, 0) is 31.9 Å². The van der Waals surface area contributed by atoms with Crippen LogP contribution in [-0.2, 0) is 9.59 Å². The van der Waals surface area contributed by atoms with E-state index in [0.29, 0.717) is 5.75 Å². The zero-order valence-corrected chi connectivity index (χ0v) is 15.0. The Balaban J connectivity index is 1.68. The van der Waals surface area contributed by atoms with Gasteiger partial charge < -0.3 is 4.90 Å². The topological polar surface area (TPSA) is 58.4 Å². The molecule has 6 nitrogen and oxygen atoms in total. The highest BCUT2D eigenvalue weighted by Gasteiger charge is 2.33. The smallest absolute Gasteiger partial charge is 0.242 e. The largest absolute Gasteiger partial charge is 0.341 e. The highest BCUT2D eigenvalue weighted by Crippen LogP contribution is 2.39. The fraction of sp³-hybridized carbons (Fsp3) is 0.389. The zero-order valence-electron chi connectivity index (χ0n) is 14.1. The fourth-order valence-electron chi connectivity index (χ4n) is 3.38. The summed E-state index contributed by atoms with van der Waals surface area (Å²) in [5.74, 6) is 0.328.